The van der Waals surface area contributed by atoms with Crippen LogP contribution in [0.25, 0.3) is 0 Å². The van der Waals surface area contributed by atoms with Crippen LogP contribution in [0, 0.1) is 12.8 Å². The molecule has 2 N–H and O–H groups in total. The van der Waals surface area contributed by atoms with Crippen LogP contribution in [0.1, 0.15) is 37.1 Å². The second kappa shape index (κ2) is 5.96. The van der Waals surface area contributed by atoms with Gasteiger partial charge in [-0.25, -0.2) is 0 Å². The minimum atomic E-state index is -0.657. The summed E-state index contributed by atoms with van der Waals surface area (Å²) in [5, 5.41) is 12.5. The van der Waals surface area contributed by atoms with E-state index in [9.17, 15) is 4.79 Å². The van der Waals surface area contributed by atoms with E-state index in [-0.39, 0.29) is 5.92 Å². The SMILES string of the molecule is Cc1cccc(CNC2CCCC(C(=O)O)C2)n1. The van der Waals surface area contributed by atoms with Crippen molar-refractivity contribution in [3.63, 3.8) is 0 Å². The van der Waals surface area contributed by atoms with Crippen LogP contribution in [0.4, 0.5) is 0 Å². The second-order valence-corrected chi connectivity index (χ2v) is 5.05. The van der Waals surface area contributed by atoms with Gasteiger partial charge in [0.05, 0.1) is 11.6 Å². The summed E-state index contributed by atoms with van der Waals surface area (Å²) < 4.78 is 0. The van der Waals surface area contributed by atoms with Gasteiger partial charge < -0.3 is 10.4 Å². The van der Waals surface area contributed by atoms with Crippen LogP contribution in [-0.2, 0) is 11.3 Å². The monoisotopic (exact) mass is 248 g/mol. The highest BCUT2D eigenvalue weighted by molar-refractivity contribution is 5.70. The van der Waals surface area contributed by atoms with E-state index in [1.807, 2.05) is 25.1 Å². The van der Waals surface area contributed by atoms with Gasteiger partial charge in [0.2, 0.25) is 0 Å². The van der Waals surface area contributed by atoms with Gasteiger partial charge in [0.1, 0.15) is 0 Å². The molecule has 4 nitrogen and oxygen atoms in total. The summed E-state index contributed by atoms with van der Waals surface area (Å²) in [6, 6.07) is 6.28. The number of carboxylic acids is 1. The zero-order valence-electron chi connectivity index (χ0n) is 10.7. The van der Waals surface area contributed by atoms with E-state index >= 15 is 0 Å². The Labute approximate surface area is 107 Å². The third kappa shape index (κ3) is 3.53. The number of carboxylic acid groups (broad SMARTS) is 1. The molecule has 1 aromatic heterocycles. The van der Waals surface area contributed by atoms with Gasteiger partial charge in [-0.15, -0.1) is 0 Å². The third-order valence-electron chi connectivity index (χ3n) is 3.54. The number of hydrogen-bond donors (Lipinski definition) is 2. The number of hydrogen-bond acceptors (Lipinski definition) is 3. The van der Waals surface area contributed by atoms with Crippen molar-refractivity contribution < 1.29 is 9.90 Å². The van der Waals surface area contributed by atoms with Crippen molar-refractivity contribution in [3.05, 3.63) is 29.6 Å². The average Bonchev–Trinajstić information content (AvgIpc) is 2.37. The molecule has 1 aliphatic rings. The highest BCUT2D eigenvalue weighted by atomic mass is 16.4. The molecule has 18 heavy (non-hydrogen) atoms. The average molecular weight is 248 g/mol. The first kappa shape index (κ1) is 13.0. The summed E-state index contributed by atoms with van der Waals surface area (Å²) in [5.41, 5.74) is 2.04. The van der Waals surface area contributed by atoms with Crippen molar-refractivity contribution >= 4 is 5.97 Å². The minimum Gasteiger partial charge on any atom is -0.481 e. The molecule has 0 saturated heterocycles. The van der Waals surface area contributed by atoms with Crippen molar-refractivity contribution in [3.8, 4) is 0 Å². The molecule has 0 amide bonds. The first-order valence-electron chi connectivity index (χ1n) is 6.54. The van der Waals surface area contributed by atoms with Gasteiger partial charge in [0.25, 0.3) is 0 Å². The molecule has 2 rings (SSSR count). The van der Waals surface area contributed by atoms with E-state index in [0.717, 1.165) is 43.6 Å². The zero-order chi connectivity index (χ0) is 13.0. The van der Waals surface area contributed by atoms with Crippen LogP contribution < -0.4 is 5.32 Å². The maximum atomic E-state index is 11.0. The fourth-order valence-electron chi connectivity index (χ4n) is 2.55. The Hall–Kier alpha value is -1.42. The van der Waals surface area contributed by atoms with Crippen LogP contribution in [-0.4, -0.2) is 22.1 Å². The van der Waals surface area contributed by atoms with Crippen LogP contribution in [0.5, 0.6) is 0 Å². The number of aryl methyl sites for hydroxylation is 1. The fraction of sp³-hybridized carbons (Fsp3) is 0.571. The maximum Gasteiger partial charge on any atom is 0.306 e. The summed E-state index contributed by atoms with van der Waals surface area (Å²) in [7, 11) is 0. The Balaban J connectivity index is 1.84. The third-order valence-corrected chi connectivity index (χ3v) is 3.54. The topological polar surface area (TPSA) is 62.2 Å². The summed E-state index contributed by atoms with van der Waals surface area (Å²) in [4.78, 5) is 15.4. The van der Waals surface area contributed by atoms with Gasteiger partial charge in [-0.3, -0.25) is 9.78 Å². The minimum absolute atomic E-state index is 0.179. The first-order chi connectivity index (χ1) is 8.65. The number of aromatic nitrogens is 1. The Bertz CT molecular complexity index is 420. The molecule has 98 valence electrons. The lowest BCUT2D eigenvalue weighted by atomic mass is 9.86. The van der Waals surface area contributed by atoms with Crippen LogP contribution in [0.3, 0.4) is 0 Å². The molecule has 0 bridgehead atoms. The lowest BCUT2D eigenvalue weighted by molar-refractivity contribution is -0.143. The van der Waals surface area contributed by atoms with Gasteiger partial charge in [0, 0.05) is 18.3 Å². The molecule has 0 spiro atoms. The van der Waals surface area contributed by atoms with Crippen molar-refractivity contribution in [2.75, 3.05) is 0 Å². The van der Waals surface area contributed by atoms with Crippen molar-refractivity contribution in [2.24, 2.45) is 5.92 Å². The van der Waals surface area contributed by atoms with E-state index in [0.29, 0.717) is 6.04 Å². The molecule has 1 aromatic rings. The standard InChI is InChI=1S/C14H20N2O2/c1-10-4-2-7-13(16-10)9-15-12-6-3-5-11(8-12)14(17)18/h2,4,7,11-12,15H,3,5-6,8-9H2,1H3,(H,17,18). The summed E-state index contributed by atoms with van der Waals surface area (Å²) in [6.07, 6.45) is 3.61. The Morgan fingerprint density at radius 1 is 1.50 bits per heavy atom. The molecule has 0 radical (unpaired) electrons. The molecule has 2 unspecified atom stereocenters. The van der Waals surface area contributed by atoms with Crippen molar-refractivity contribution in [1.82, 2.24) is 10.3 Å². The largest absolute Gasteiger partial charge is 0.481 e. The molecule has 1 heterocycles. The molecular weight excluding hydrogens is 228 g/mol. The fourth-order valence-corrected chi connectivity index (χ4v) is 2.55. The molecule has 1 saturated carbocycles. The number of aliphatic carboxylic acids is 1. The molecule has 2 atom stereocenters. The Kier molecular flexibility index (Phi) is 4.31. The summed E-state index contributed by atoms with van der Waals surface area (Å²) in [6.45, 7) is 2.70. The van der Waals surface area contributed by atoms with Crippen molar-refractivity contribution in [2.45, 2.75) is 45.2 Å². The van der Waals surface area contributed by atoms with Gasteiger partial charge >= 0.3 is 5.97 Å². The second-order valence-electron chi connectivity index (χ2n) is 5.05. The number of rotatable bonds is 4. The predicted molar refractivity (Wildman–Crippen MR) is 69.2 cm³/mol. The van der Waals surface area contributed by atoms with Gasteiger partial charge in [0.15, 0.2) is 0 Å². The lowest BCUT2D eigenvalue weighted by Crippen LogP contribution is -2.36. The van der Waals surface area contributed by atoms with Crippen molar-refractivity contribution in [1.29, 1.82) is 0 Å². The van der Waals surface area contributed by atoms with Crippen LogP contribution in [0.2, 0.25) is 0 Å². The number of carbonyl (C=O) groups is 1. The van der Waals surface area contributed by atoms with Crippen LogP contribution >= 0.6 is 0 Å². The molecular formula is C14H20N2O2. The molecule has 1 fully saturated rings. The quantitative estimate of drug-likeness (QED) is 0.856. The molecule has 4 heteroatoms. The number of pyridine rings is 1. The van der Waals surface area contributed by atoms with E-state index < -0.39 is 5.97 Å². The summed E-state index contributed by atoms with van der Waals surface area (Å²) in [5.74, 6) is -0.836. The van der Waals surface area contributed by atoms with Gasteiger partial charge in [-0.1, -0.05) is 12.5 Å². The molecule has 0 aromatic carbocycles. The normalized spacial score (nSPS) is 23.8. The van der Waals surface area contributed by atoms with E-state index in [4.69, 9.17) is 5.11 Å². The van der Waals surface area contributed by atoms with Gasteiger partial charge in [-0.2, -0.15) is 0 Å². The smallest absolute Gasteiger partial charge is 0.306 e. The number of nitrogens with one attached hydrogen (secondary N) is 1. The van der Waals surface area contributed by atoms with Crippen LogP contribution in [0.15, 0.2) is 18.2 Å². The molecule has 1 aliphatic carbocycles. The predicted octanol–water partition coefficient (Wildman–Crippen LogP) is 2.12. The highest BCUT2D eigenvalue weighted by Crippen LogP contribution is 2.24. The van der Waals surface area contributed by atoms with E-state index in [1.54, 1.807) is 0 Å². The Morgan fingerprint density at radius 3 is 3.06 bits per heavy atom. The first-order valence-corrected chi connectivity index (χ1v) is 6.54. The highest BCUT2D eigenvalue weighted by Gasteiger charge is 2.26. The Morgan fingerprint density at radius 2 is 2.33 bits per heavy atom. The lowest BCUT2D eigenvalue weighted by Gasteiger charge is -2.27. The maximum absolute atomic E-state index is 11.0. The molecule has 0 aliphatic heterocycles. The van der Waals surface area contributed by atoms with E-state index in [2.05, 4.69) is 10.3 Å². The van der Waals surface area contributed by atoms with E-state index in [1.165, 1.54) is 0 Å². The summed E-state index contributed by atoms with van der Waals surface area (Å²) >= 11 is 0. The number of nitrogens with zero attached hydrogens (tertiary/aromatic N) is 1. The zero-order valence-corrected chi connectivity index (χ0v) is 10.7. The van der Waals surface area contributed by atoms with Gasteiger partial charge in [-0.05, 0) is 38.3 Å².